The minimum absolute atomic E-state index is 0.0567. The van der Waals surface area contributed by atoms with E-state index in [1.165, 1.54) is 5.56 Å². The second-order valence-corrected chi connectivity index (χ2v) is 7.63. The summed E-state index contributed by atoms with van der Waals surface area (Å²) >= 11 is 0. The van der Waals surface area contributed by atoms with Crippen LogP contribution in [-0.4, -0.2) is 11.5 Å². The number of nitrogens with zero attached hydrogens (tertiary/aromatic N) is 1. The van der Waals surface area contributed by atoms with Gasteiger partial charge in [-0.3, -0.25) is 0 Å². The van der Waals surface area contributed by atoms with Crippen molar-refractivity contribution in [2.75, 3.05) is 11.9 Å². The van der Waals surface area contributed by atoms with Crippen molar-refractivity contribution >= 4 is 16.6 Å². The summed E-state index contributed by atoms with van der Waals surface area (Å²) in [5.41, 5.74) is 5.21. The third kappa shape index (κ3) is 2.98. The molecule has 0 fully saturated rings. The number of anilines is 1. The molecule has 0 bridgehead atoms. The number of hydrogen-bond acceptors (Lipinski definition) is 2. The molecule has 1 aliphatic rings. The van der Waals surface area contributed by atoms with Crippen molar-refractivity contribution in [1.82, 2.24) is 4.98 Å². The van der Waals surface area contributed by atoms with Gasteiger partial charge in [-0.25, -0.2) is 9.37 Å². The van der Waals surface area contributed by atoms with Crippen LogP contribution in [0.25, 0.3) is 22.0 Å². The molecule has 5 rings (SSSR count). The van der Waals surface area contributed by atoms with E-state index in [1.807, 2.05) is 18.2 Å². The highest BCUT2D eigenvalue weighted by Gasteiger charge is 2.31. The van der Waals surface area contributed by atoms with E-state index in [1.54, 1.807) is 12.1 Å². The van der Waals surface area contributed by atoms with Gasteiger partial charge < -0.3 is 5.32 Å². The highest BCUT2D eigenvalue weighted by molar-refractivity contribution is 5.99. The SMILES string of the molecule is CCCNc1nc2c(c3ccccc13)C(c1ccccc1F)Cc1ccccc1-2. The maximum atomic E-state index is 14.9. The second-order valence-electron chi connectivity index (χ2n) is 7.63. The Morgan fingerprint density at radius 2 is 1.66 bits per heavy atom. The summed E-state index contributed by atoms with van der Waals surface area (Å²) in [7, 11) is 0. The van der Waals surface area contributed by atoms with Crippen LogP contribution in [0.4, 0.5) is 10.2 Å². The van der Waals surface area contributed by atoms with Crippen molar-refractivity contribution < 1.29 is 4.39 Å². The molecule has 4 aromatic rings. The number of pyridine rings is 1. The third-order valence-electron chi connectivity index (χ3n) is 5.82. The van der Waals surface area contributed by atoms with Crippen molar-refractivity contribution in [3.63, 3.8) is 0 Å². The van der Waals surface area contributed by atoms with E-state index in [9.17, 15) is 4.39 Å². The summed E-state index contributed by atoms with van der Waals surface area (Å²) in [6.07, 6.45) is 1.80. The molecule has 2 nitrogen and oxygen atoms in total. The summed E-state index contributed by atoms with van der Waals surface area (Å²) in [5, 5.41) is 5.75. The molecule has 0 aliphatic heterocycles. The average Bonchev–Trinajstić information content (AvgIpc) is 2.77. The van der Waals surface area contributed by atoms with Gasteiger partial charge >= 0.3 is 0 Å². The molecule has 0 saturated heterocycles. The molecular formula is C26H23FN2. The molecule has 1 atom stereocenters. The summed E-state index contributed by atoms with van der Waals surface area (Å²) in [6.45, 7) is 3.02. The number of aromatic nitrogens is 1. The molecule has 0 saturated carbocycles. The second kappa shape index (κ2) is 7.32. The summed E-state index contributed by atoms with van der Waals surface area (Å²) < 4.78 is 14.9. The molecule has 1 N–H and O–H groups in total. The van der Waals surface area contributed by atoms with Crippen LogP contribution in [0.1, 0.15) is 36.0 Å². The molecule has 0 radical (unpaired) electrons. The van der Waals surface area contributed by atoms with Crippen LogP contribution in [0.3, 0.4) is 0 Å². The smallest absolute Gasteiger partial charge is 0.134 e. The molecule has 1 aromatic heterocycles. The van der Waals surface area contributed by atoms with Gasteiger partial charge in [0.05, 0.1) is 5.69 Å². The lowest BCUT2D eigenvalue weighted by Crippen LogP contribution is -2.17. The first kappa shape index (κ1) is 17.9. The molecule has 0 amide bonds. The quantitative estimate of drug-likeness (QED) is 0.433. The van der Waals surface area contributed by atoms with Crippen molar-refractivity contribution in [3.05, 3.63) is 95.3 Å². The van der Waals surface area contributed by atoms with Crippen LogP contribution in [0, 0.1) is 5.82 Å². The van der Waals surface area contributed by atoms with E-state index >= 15 is 0 Å². The zero-order chi connectivity index (χ0) is 19.8. The number of hydrogen-bond donors (Lipinski definition) is 1. The fraction of sp³-hybridized carbons (Fsp3) is 0.192. The topological polar surface area (TPSA) is 24.9 Å². The van der Waals surface area contributed by atoms with Crippen LogP contribution < -0.4 is 5.32 Å². The molecule has 3 heteroatoms. The van der Waals surface area contributed by atoms with E-state index in [4.69, 9.17) is 4.98 Å². The number of nitrogens with one attached hydrogen (secondary N) is 1. The average molecular weight is 382 g/mol. The van der Waals surface area contributed by atoms with E-state index in [-0.39, 0.29) is 11.7 Å². The van der Waals surface area contributed by atoms with E-state index in [2.05, 4.69) is 54.7 Å². The van der Waals surface area contributed by atoms with E-state index in [0.717, 1.165) is 58.4 Å². The Hall–Kier alpha value is -3.20. The zero-order valence-corrected chi connectivity index (χ0v) is 16.5. The van der Waals surface area contributed by atoms with Crippen LogP contribution >= 0.6 is 0 Å². The summed E-state index contributed by atoms with van der Waals surface area (Å²) in [5.74, 6) is 0.698. The molecule has 29 heavy (non-hydrogen) atoms. The van der Waals surface area contributed by atoms with Gasteiger partial charge in [-0.15, -0.1) is 0 Å². The van der Waals surface area contributed by atoms with E-state index in [0.29, 0.717) is 0 Å². The number of benzene rings is 3. The standard InChI is InChI=1S/C26H23FN2/c1-2-15-28-26-21-13-6-5-12-20(21)24-22(19-11-7-8-14-23(19)27)16-17-9-3-4-10-18(17)25(24)29-26/h3-14,22H,2,15-16H2,1H3,(H,28,29). The summed E-state index contributed by atoms with van der Waals surface area (Å²) in [4.78, 5) is 5.09. The van der Waals surface area contributed by atoms with Gasteiger partial charge in [0.2, 0.25) is 0 Å². The first-order valence-electron chi connectivity index (χ1n) is 10.3. The Labute approximate surface area is 170 Å². The normalized spacial score (nSPS) is 15.0. The van der Waals surface area contributed by atoms with Gasteiger partial charge in [0.25, 0.3) is 0 Å². The van der Waals surface area contributed by atoms with Gasteiger partial charge in [0.15, 0.2) is 0 Å². The number of fused-ring (bicyclic) bond motifs is 5. The lowest BCUT2D eigenvalue weighted by Gasteiger charge is -2.30. The van der Waals surface area contributed by atoms with Gasteiger partial charge in [-0.1, -0.05) is 73.7 Å². The highest BCUT2D eigenvalue weighted by Crippen LogP contribution is 2.46. The van der Waals surface area contributed by atoms with Crippen LogP contribution in [0.2, 0.25) is 0 Å². The van der Waals surface area contributed by atoms with Crippen molar-refractivity contribution in [2.24, 2.45) is 0 Å². The molecule has 1 unspecified atom stereocenters. The van der Waals surface area contributed by atoms with Crippen LogP contribution in [0.5, 0.6) is 0 Å². The molecule has 3 aromatic carbocycles. The van der Waals surface area contributed by atoms with Crippen LogP contribution in [0.15, 0.2) is 72.8 Å². The first-order chi connectivity index (χ1) is 14.3. The molecular weight excluding hydrogens is 359 g/mol. The zero-order valence-electron chi connectivity index (χ0n) is 16.5. The van der Waals surface area contributed by atoms with Gasteiger partial charge in [-0.05, 0) is 41.0 Å². The minimum atomic E-state index is -0.153. The van der Waals surface area contributed by atoms with Crippen LogP contribution in [-0.2, 0) is 6.42 Å². The Balaban J connectivity index is 1.84. The monoisotopic (exact) mass is 382 g/mol. The molecule has 1 aliphatic carbocycles. The van der Waals surface area contributed by atoms with Crippen molar-refractivity contribution in [2.45, 2.75) is 25.7 Å². The predicted octanol–water partition coefficient (Wildman–Crippen LogP) is 6.55. The fourth-order valence-corrected chi connectivity index (χ4v) is 4.49. The first-order valence-corrected chi connectivity index (χ1v) is 10.3. The van der Waals surface area contributed by atoms with Crippen molar-refractivity contribution in [1.29, 1.82) is 0 Å². The fourth-order valence-electron chi connectivity index (χ4n) is 4.49. The predicted molar refractivity (Wildman–Crippen MR) is 118 cm³/mol. The molecule has 1 heterocycles. The summed E-state index contributed by atoms with van der Waals surface area (Å²) in [6, 6.07) is 23.9. The van der Waals surface area contributed by atoms with Gasteiger partial charge in [-0.2, -0.15) is 0 Å². The Morgan fingerprint density at radius 1 is 0.931 bits per heavy atom. The van der Waals surface area contributed by atoms with Crippen molar-refractivity contribution in [3.8, 4) is 11.3 Å². The largest absolute Gasteiger partial charge is 0.370 e. The van der Waals surface area contributed by atoms with Gasteiger partial charge in [0, 0.05) is 23.4 Å². The maximum absolute atomic E-state index is 14.9. The van der Waals surface area contributed by atoms with E-state index < -0.39 is 0 Å². The molecule has 144 valence electrons. The Kier molecular flexibility index (Phi) is 4.51. The third-order valence-corrected chi connectivity index (χ3v) is 5.82. The maximum Gasteiger partial charge on any atom is 0.134 e. The highest BCUT2D eigenvalue weighted by atomic mass is 19.1. The Morgan fingerprint density at radius 3 is 2.48 bits per heavy atom. The number of halogens is 1. The lowest BCUT2D eigenvalue weighted by atomic mass is 9.76. The Bertz CT molecular complexity index is 1200. The number of rotatable bonds is 4. The van der Waals surface area contributed by atoms with Gasteiger partial charge in [0.1, 0.15) is 11.6 Å². The minimum Gasteiger partial charge on any atom is -0.370 e. The molecule has 0 spiro atoms. The lowest BCUT2D eigenvalue weighted by molar-refractivity contribution is 0.594.